The Kier molecular flexibility index (Phi) is 7.86. The van der Waals surface area contributed by atoms with Crippen molar-refractivity contribution in [2.75, 3.05) is 20.7 Å². The number of benzene rings is 2. The Morgan fingerprint density at radius 1 is 0.917 bits per heavy atom. The second kappa shape index (κ2) is 12.2. The van der Waals surface area contributed by atoms with Crippen LogP contribution in [0.1, 0.15) is 80.8 Å². The first-order chi connectivity index (χ1) is 23.3. The van der Waals surface area contributed by atoms with Gasteiger partial charge in [-0.1, -0.05) is 38.1 Å². The van der Waals surface area contributed by atoms with Crippen LogP contribution in [0.25, 0.3) is 33.6 Å². The van der Waals surface area contributed by atoms with Crippen LogP contribution >= 0.6 is 0 Å². The lowest BCUT2D eigenvalue weighted by Crippen LogP contribution is -2.54. The minimum Gasteiger partial charge on any atom is -0.453 e. The highest BCUT2D eigenvalue weighted by Gasteiger charge is 2.51. The average Bonchev–Trinajstić information content (AvgIpc) is 3.94. The number of carbonyl (C=O) groups excluding carboxylic acids is 2. The maximum Gasteiger partial charge on any atom is 0.407 e. The first-order valence-corrected chi connectivity index (χ1v) is 17.5. The topological polar surface area (TPSA) is 119 Å². The molecule has 2 saturated heterocycles. The molecule has 0 radical (unpaired) electrons. The number of carbonyl (C=O) groups is 2. The van der Waals surface area contributed by atoms with Crippen molar-refractivity contribution >= 4 is 12.0 Å². The Labute approximate surface area is 281 Å². The van der Waals surface area contributed by atoms with Crippen molar-refractivity contribution in [1.29, 1.82) is 0 Å². The quantitative estimate of drug-likeness (QED) is 0.213. The molecule has 2 aromatic carbocycles. The SMILES string of the molecule is COC(=O)N[C@H](C(=O)N1[C@@H]2CC[C@@H](C2)[C@H]1c1ncc(-c2ccc3c(c2)CCc2cc(-c4cnc([C@@H]5CCCN5C)[nH]4)ccc2-3)[nH]1)C(C)C. The van der Waals surface area contributed by atoms with Crippen molar-refractivity contribution in [3.8, 4) is 33.6 Å². The van der Waals surface area contributed by atoms with Crippen molar-refractivity contribution in [2.45, 2.75) is 83.0 Å². The molecule has 2 amide bonds. The first-order valence-electron chi connectivity index (χ1n) is 17.5. The van der Waals surface area contributed by atoms with E-state index in [1.807, 2.05) is 31.1 Å². The number of amides is 2. The normalized spacial score (nSPS) is 23.7. The fraction of sp³-hybridized carbons (Fsp3) is 0.474. The van der Waals surface area contributed by atoms with Crippen LogP contribution in [0.15, 0.2) is 48.8 Å². The third-order valence-electron chi connectivity index (χ3n) is 11.3. The Morgan fingerprint density at radius 3 is 2.17 bits per heavy atom. The molecule has 250 valence electrons. The number of methoxy groups -OCH3 is 1. The van der Waals surface area contributed by atoms with Gasteiger partial charge in [0.1, 0.15) is 17.7 Å². The molecule has 8 rings (SSSR count). The van der Waals surface area contributed by atoms with E-state index in [1.54, 1.807) is 0 Å². The molecular weight excluding hydrogens is 602 g/mol. The molecule has 2 aliphatic carbocycles. The summed E-state index contributed by atoms with van der Waals surface area (Å²) in [7, 11) is 3.50. The summed E-state index contributed by atoms with van der Waals surface area (Å²) in [6.07, 6.45) is 10.7. The lowest BCUT2D eigenvalue weighted by molar-refractivity contribution is -0.139. The molecule has 4 aliphatic rings. The van der Waals surface area contributed by atoms with E-state index in [2.05, 4.69) is 63.6 Å². The molecule has 4 heterocycles. The van der Waals surface area contributed by atoms with Gasteiger partial charge in [-0.15, -0.1) is 0 Å². The number of rotatable bonds is 7. The maximum absolute atomic E-state index is 13.9. The van der Waals surface area contributed by atoms with E-state index in [-0.39, 0.29) is 23.9 Å². The third kappa shape index (κ3) is 5.30. The first kappa shape index (κ1) is 30.9. The van der Waals surface area contributed by atoms with Crippen LogP contribution in [0.5, 0.6) is 0 Å². The number of piperidine rings is 1. The zero-order valence-electron chi connectivity index (χ0n) is 28.3. The van der Waals surface area contributed by atoms with Gasteiger partial charge in [0.25, 0.3) is 0 Å². The van der Waals surface area contributed by atoms with Gasteiger partial charge in [0.05, 0.1) is 43.0 Å². The highest BCUT2D eigenvalue weighted by atomic mass is 16.5. The Hall–Kier alpha value is -4.44. The number of nitrogens with zero attached hydrogens (tertiary/aromatic N) is 4. The second-order valence-corrected chi connectivity index (χ2v) is 14.5. The van der Waals surface area contributed by atoms with E-state index in [0.29, 0.717) is 12.0 Å². The lowest BCUT2D eigenvalue weighted by Gasteiger charge is -2.37. The van der Waals surface area contributed by atoms with Crippen LogP contribution in [0.4, 0.5) is 4.79 Å². The van der Waals surface area contributed by atoms with Crippen molar-refractivity contribution in [3.63, 3.8) is 0 Å². The smallest absolute Gasteiger partial charge is 0.407 e. The minimum atomic E-state index is -0.649. The number of likely N-dealkylation sites (tertiary alicyclic amines) is 2. The molecule has 3 N–H and O–H groups in total. The number of hydrogen-bond acceptors (Lipinski definition) is 6. The van der Waals surface area contributed by atoms with Crippen LogP contribution in [-0.4, -0.2) is 74.5 Å². The predicted molar refractivity (Wildman–Crippen MR) is 184 cm³/mol. The van der Waals surface area contributed by atoms with Crippen LogP contribution in [0.2, 0.25) is 0 Å². The predicted octanol–water partition coefficient (Wildman–Crippen LogP) is 6.43. The molecule has 48 heavy (non-hydrogen) atoms. The average molecular weight is 648 g/mol. The minimum absolute atomic E-state index is 0.0597. The van der Waals surface area contributed by atoms with Crippen LogP contribution in [0, 0.1) is 11.8 Å². The summed E-state index contributed by atoms with van der Waals surface area (Å²) in [6.45, 7) is 5.02. The van der Waals surface area contributed by atoms with Crippen LogP contribution in [0.3, 0.4) is 0 Å². The summed E-state index contributed by atoms with van der Waals surface area (Å²) in [5, 5.41) is 2.78. The van der Waals surface area contributed by atoms with Crippen LogP contribution in [-0.2, 0) is 22.4 Å². The molecule has 2 aliphatic heterocycles. The fourth-order valence-electron chi connectivity index (χ4n) is 8.79. The van der Waals surface area contributed by atoms with Gasteiger partial charge in [-0.2, -0.15) is 0 Å². The number of imidazole rings is 2. The van der Waals surface area contributed by atoms with Gasteiger partial charge in [0, 0.05) is 6.04 Å². The molecule has 3 fully saturated rings. The molecule has 0 spiro atoms. The van der Waals surface area contributed by atoms with Crippen molar-refractivity contribution in [1.82, 2.24) is 35.1 Å². The zero-order valence-corrected chi connectivity index (χ0v) is 28.3. The number of H-pyrrole nitrogens is 2. The van der Waals surface area contributed by atoms with Crippen molar-refractivity contribution in [2.24, 2.45) is 11.8 Å². The molecule has 10 heteroatoms. The van der Waals surface area contributed by atoms with Gasteiger partial charge < -0.3 is 24.9 Å². The summed E-state index contributed by atoms with van der Waals surface area (Å²) in [6, 6.07) is 13.3. The van der Waals surface area contributed by atoms with Gasteiger partial charge in [0.15, 0.2) is 0 Å². The van der Waals surface area contributed by atoms with Gasteiger partial charge in [-0.3, -0.25) is 9.69 Å². The van der Waals surface area contributed by atoms with E-state index < -0.39 is 12.1 Å². The highest BCUT2D eigenvalue weighted by molar-refractivity contribution is 5.87. The number of ether oxygens (including phenoxy) is 1. The Balaban J connectivity index is 1.02. The van der Waals surface area contributed by atoms with E-state index in [9.17, 15) is 9.59 Å². The van der Waals surface area contributed by atoms with Crippen LogP contribution < -0.4 is 5.32 Å². The Morgan fingerprint density at radius 2 is 1.56 bits per heavy atom. The standard InChI is InChI=1S/C38H45N7O3/c1-21(2)33(43-38(47)48-4)37(46)45-27-12-9-26(18-27)34(45)36-40-20-31(42-36)25-11-14-29-23(17-25)8-7-22-16-24(10-13-28(22)29)30-19-39-35(41-30)32-6-5-15-44(32)3/h10-11,13-14,16-17,19-21,26-27,32-34H,5-9,12,15,18H2,1-4H3,(H,39,41)(H,40,42)(H,43,47)/t26-,27+,32-,33-,34-/m0/s1. The van der Waals surface area contributed by atoms with E-state index in [0.717, 1.165) is 73.7 Å². The highest BCUT2D eigenvalue weighted by Crippen LogP contribution is 2.50. The molecule has 10 nitrogen and oxygen atoms in total. The van der Waals surface area contributed by atoms with Gasteiger partial charge in [-0.05, 0) is 116 Å². The number of alkyl carbamates (subject to hydrolysis) is 1. The van der Waals surface area contributed by atoms with Crippen molar-refractivity contribution in [3.05, 3.63) is 71.6 Å². The molecule has 4 aromatic rings. The summed E-state index contributed by atoms with van der Waals surface area (Å²) < 4.78 is 4.83. The summed E-state index contributed by atoms with van der Waals surface area (Å²) in [5.74, 6) is 2.11. The third-order valence-corrected chi connectivity index (χ3v) is 11.3. The lowest BCUT2D eigenvalue weighted by atomic mass is 9.83. The number of fused-ring (bicyclic) bond motifs is 5. The Bertz CT molecular complexity index is 1860. The number of aromatic amines is 2. The second-order valence-electron chi connectivity index (χ2n) is 14.5. The van der Waals surface area contributed by atoms with Gasteiger partial charge >= 0.3 is 6.09 Å². The molecule has 2 bridgehead atoms. The molecule has 0 unspecified atom stereocenters. The summed E-state index contributed by atoms with van der Waals surface area (Å²) >= 11 is 0. The van der Waals surface area contributed by atoms with Gasteiger partial charge in [-0.25, -0.2) is 14.8 Å². The summed E-state index contributed by atoms with van der Waals surface area (Å²) in [4.78, 5) is 47.2. The van der Waals surface area contributed by atoms with E-state index in [4.69, 9.17) is 14.7 Å². The monoisotopic (exact) mass is 647 g/mol. The molecule has 2 aromatic heterocycles. The fourth-order valence-corrected chi connectivity index (χ4v) is 8.79. The van der Waals surface area contributed by atoms with Crippen molar-refractivity contribution < 1.29 is 14.3 Å². The molecular formula is C38H45N7O3. The number of hydrogen-bond donors (Lipinski definition) is 3. The largest absolute Gasteiger partial charge is 0.453 e. The molecule has 1 saturated carbocycles. The number of nitrogens with one attached hydrogen (secondary N) is 3. The number of aromatic nitrogens is 4. The summed E-state index contributed by atoms with van der Waals surface area (Å²) in [5.41, 5.74) is 9.61. The van der Waals surface area contributed by atoms with E-state index >= 15 is 0 Å². The zero-order chi connectivity index (χ0) is 33.1. The molecule has 5 atom stereocenters. The maximum atomic E-state index is 13.9. The van der Waals surface area contributed by atoms with E-state index in [1.165, 1.54) is 41.3 Å². The number of aryl methyl sites for hydroxylation is 2. The van der Waals surface area contributed by atoms with Gasteiger partial charge in [0.2, 0.25) is 5.91 Å².